The van der Waals surface area contributed by atoms with E-state index in [2.05, 4.69) is 0 Å². The number of carbonyl (C=O) groups excluding carboxylic acids is 2. The molecule has 6 nitrogen and oxygen atoms in total. The third-order valence-corrected chi connectivity index (χ3v) is 5.52. The molecule has 0 spiro atoms. The molecule has 3 amide bonds. The number of nitrogens with zero attached hydrogens (tertiary/aromatic N) is 3. The van der Waals surface area contributed by atoms with Crippen LogP contribution >= 0.6 is 0 Å². The number of piperidine rings is 1. The first-order chi connectivity index (χ1) is 12.5. The highest BCUT2D eigenvalue weighted by Gasteiger charge is 2.33. The number of aryl methyl sites for hydroxylation is 1. The van der Waals surface area contributed by atoms with Gasteiger partial charge in [0.15, 0.2) is 0 Å². The Bertz CT molecular complexity index is 626. The van der Waals surface area contributed by atoms with E-state index in [1.807, 2.05) is 47.6 Å². The third kappa shape index (κ3) is 4.22. The Morgan fingerprint density at radius 1 is 1.12 bits per heavy atom. The first-order valence-electron chi connectivity index (χ1n) is 9.85. The molecule has 0 saturated carbocycles. The number of rotatable bonds is 4. The largest absolute Gasteiger partial charge is 0.464 e. The zero-order valence-corrected chi connectivity index (χ0v) is 16.2. The van der Waals surface area contributed by atoms with Gasteiger partial charge in [0.2, 0.25) is 5.91 Å². The molecular weight excluding hydrogens is 330 g/mol. The van der Waals surface area contributed by atoms with E-state index in [1.54, 1.807) is 0 Å². The van der Waals surface area contributed by atoms with Crippen LogP contribution in [0.2, 0.25) is 0 Å². The van der Waals surface area contributed by atoms with Crippen LogP contribution in [0, 0.1) is 12.8 Å². The lowest BCUT2D eigenvalue weighted by atomic mass is 9.94. The zero-order valence-electron chi connectivity index (χ0n) is 16.2. The summed E-state index contributed by atoms with van der Waals surface area (Å²) < 4.78 is 5.65. The second-order valence-corrected chi connectivity index (χ2v) is 7.81. The topological polar surface area (TPSA) is 57.0 Å². The summed E-state index contributed by atoms with van der Waals surface area (Å²) >= 11 is 0. The summed E-state index contributed by atoms with van der Waals surface area (Å²) in [5.74, 6) is 1.87. The molecule has 0 atom stereocenters. The van der Waals surface area contributed by atoms with Crippen molar-refractivity contribution in [1.29, 1.82) is 0 Å². The highest BCUT2D eigenvalue weighted by Crippen LogP contribution is 2.24. The predicted octanol–water partition coefficient (Wildman–Crippen LogP) is 3.25. The van der Waals surface area contributed by atoms with E-state index in [-0.39, 0.29) is 23.9 Å². The van der Waals surface area contributed by atoms with E-state index in [0.717, 1.165) is 50.3 Å². The standard InChI is InChI=1S/C20H31N3O3/c1-15(2)23(14-18-7-6-16(3)26-18)19(24)17-8-12-22(13-9-17)20(25)21-10-4-5-11-21/h6-7,15,17H,4-5,8-14H2,1-3H3. The van der Waals surface area contributed by atoms with Crippen molar-refractivity contribution in [3.63, 3.8) is 0 Å². The molecule has 1 aromatic rings. The molecule has 0 radical (unpaired) electrons. The van der Waals surface area contributed by atoms with Gasteiger partial charge in [-0.1, -0.05) is 0 Å². The molecule has 0 aliphatic carbocycles. The summed E-state index contributed by atoms with van der Waals surface area (Å²) in [6.45, 7) is 9.62. The third-order valence-electron chi connectivity index (χ3n) is 5.52. The van der Waals surface area contributed by atoms with Gasteiger partial charge in [0.05, 0.1) is 6.54 Å². The zero-order chi connectivity index (χ0) is 18.7. The van der Waals surface area contributed by atoms with Gasteiger partial charge in [-0.25, -0.2) is 4.79 Å². The normalized spacial score (nSPS) is 18.6. The molecular formula is C20H31N3O3. The van der Waals surface area contributed by atoms with E-state index in [4.69, 9.17) is 4.42 Å². The molecule has 2 aliphatic heterocycles. The number of hydrogen-bond donors (Lipinski definition) is 0. The Morgan fingerprint density at radius 3 is 2.27 bits per heavy atom. The Balaban J connectivity index is 1.56. The molecule has 144 valence electrons. The fourth-order valence-corrected chi connectivity index (χ4v) is 3.91. The number of furan rings is 1. The Kier molecular flexibility index (Phi) is 5.89. The van der Waals surface area contributed by atoms with Crippen molar-refractivity contribution >= 4 is 11.9 Å². The van der Waals surface area contributed by atoms with Crippen LogP contribution in [0.4, 0.5) is 4.79 Å². The Labute approximate surface area is 156 Å². The monoisotopic (exact) mass is 361 g/mol. The molecule has 2 fully saturated rings. The summed E-state index contributed by atoms with van der Waals surface area (Å²) in [4.78, 5) is 31.3. The fourth-order valence-electron chi connectivity index (χ4n) is 3.91. The minimum Gasteiger partial charge on any atom is -0.464 e. The van der Waals surface area contributed by atoms with E-state index in [9.17, 15) is 9.59 Å². The number of urea groups is 1. The van der Waals surface area contributed by atoms with Crippen LogP contribution in [0.25, 0.3) is 0 Å². The number of amides is 3. The molecule has 1 aromatic heterocycles. The van der Waals surface area contributed by atoms with Crippen LogP contribution in [0.3, 0.4) is 0 Å². The number of hydrogen-bond acceptors (Lipinski definition) is 3. The Morgan fingerprint density at radius 2 is 1.73 bits per heavy atom. The van der Waals surface area contributed by atoms with Gasteiger partial charge in [0.1, 0.15) is 11.5 Å². The smallest absolute Gasteiger partial charge is 0.319 e. The van der Waals surface area contributed by atoms with Crippen LogP contribution in [-0.4, -0.2) is 58.9 Å². The molecule has 2 saturated heterocycles. The predicted molar refractivity (Wildman–Crippen MR) is 99.6 cm³/mol. The van der Waals surface area contributed by atoms with Crippen LogP contribution in [-0.2, 0) is 11.3 Å². The quantitative estimate of drug-likeness (QED) is 0.827. The summed E-state index contributed by atoms with van der Waals surface area (Å²) in [6.07, 6.45) is 3.71. The van der Waals surface area contributed by atoms with Gasteiger partial charge < -0.3 is 19.1 Å². The first-order valence-corrected chi connectivity index (χ1v) is 9.85. The molecule has 6 heteroatoms. The van der Waals surface area contributed by atoms with Crippen molar-refractivity contribution in [2.75, 3.05) is 26.2 Å². The van der Waals surface area contributed by atoms with Crippen LogP contribution in [0.15, 0.2) is 16.5 Å². The van der Waals surface area contributed by atoms with Gasteiger partial charge in [0, 0.05) is 38.1 Å². The van der Waals surface area contributed by atoms with Gasteiger partial charge in [-0.3, -0.25) is 4.79 Å². The van der Waals surface area contributed by atoms with Crippen LogP contribution < -0.4 is 0 Å². The molecule has 0 bridgehead atoms. The van der Waals surface area contributed by atoms with Crippen molar-refractivity contribution in [2.45, 2.75) is 59.0 Å². The average molecular weight is 361 g/mol. The lowest BCUT2D eigenvalue weighted by Crippen LogP contribution is -2.49. The summed E-state index contributed by atoms with van der Waals surface area (Å²) in [6, 6.07) is 4.15. The van der Waals surface area contributed by atoms with Crippen molar-refractivity contribution in [1.82, 2.24) is 14.7 Å². The van der Waals surface area contributed by atoms with Crippen molar-refractivity contribution < 1.29 is 14.0 Å². The second-order valence-electron chi connectivity index (χ2n) is 7.81. The molecule has 0 unspecified atom stereocenters. The van der Waals surface area contributed by atoms with E-state index >= 15 is 0 Å². The summed E-state index contributed by atoms with van der Waals surface area (Å²) in [5, 5.41) is 0. The highest BCUT2D eigenvalue weighted by molar-refractivity contribution is 5.80. The lowest BCUT2D eigenvalue weighted by Gasteiger charge is -2.36. The molecule has 3 heterocycles. The highest BCUT2D eigenvalue weighted by atomic mass is 16.3. The maximum atomic E-state index is 13.1. The molecule has 26 heavy (non-hydrogen) atoms. The Hall–Kier alpha value is -1.98. The van der Waals surface area contributed by atoms with E-state index < -0.39 is 0 Å². The number of likely N-dealkylation sites (tertiary alicyclic amines) is 2. The maximum absolute atomic E-state index is 13.1. The van der Waals surface area contributed by atoms with Gasteiger partial charge in [0.25, 0.3) is 0 Å². The van der Waals surface area contributed by atoms with Gasteiger partial charge in [-0.05, 0) is 58.6 Å². The van der Waals surface area contributed by atoms with Crippen LogP contribution in [0.1, 0.15) is 51.1 Å². The molecule has 0 aromatic carbocycles. The van der Waals surface area contributed by atoms with Gasteiger partial charge >= 0.3 is 6.03 Å². The molecule has 3 rings (SSSR count). The summed E-state index contributed by atoms with van der Waals surface area (Å²) in [7, 11) is 0. The average Bonchev–Trinajstić information content (AvgIpc) is 3.30. The van der Waals surface area contributed by atoms with E-state index in [0.29, 0.717) is 19.6 Å². The second kappa shape index (κ2) is 8.14. The minimum atomic E-state index is -0.00362. The first kappa shape index (κ1) is 18.8. The SMILES string of the molecule is Cc1ccc(CN(C(=O)C2CCN(C(=O)N3CCCC3)CC2)C(C)C)o1. The van der Waals surface area contributed by atoms with Crippen LogP contribution in [0.5, 0.6) is 0 Å². The molecule has 0 N–H and O–H groups in total. The maximum Gasteiger partial charge on any atom is 0.319 e. The minimum absolute atomic E-state index is 0.00362. The van der Waals surface area contributed by atoms with Gasteiger partial charge in [-0.15, -0.1) is 0 Å². The van der Waals surface area contributed by atoms with Crippen molar-refractivity contribution in [3.05, 3.63) is 23.7 Å². The number of carbonyl (C=O) groups is 2. The summed E-state index contributed by atoms with van der Waals surface area (Å²) in [5.41, 5.74) is 0. The van der Waals surface area contributed by atoms with E-state index in [1.165, 1.54) is 0 Å². The van der Waals surface area contributed by atoms with Gasteiger partial charge in [-0.2, -0.15) is 0 Å². The lowest BCUT2D eigenvalue weighted by molar-refractivity contribution is -0.139. The van der Waals surface area contributed by atoms with Crippen molar-refractivity contribution in [3.8, 4) is 0 Å². The fraction of sp³-hybridized carbons (Fsp3) is 0.700. The van der Waals surface area contributed by atoms with Crippen molar-refractivity contribution in [2.24, 2.45) is 5.92 Å². The molecule has 2 aliphatic rings.